The number of aryl methyl sites for hydroxylation is 1. The molecule has 0 N–H and O–H groups in total. The monoisotopic (exact) mass is 309 g/mol. The molecule has 3 aromatic rings. The van der Waals surface area contributed by atoms with Crippen LogP contribution in [0.5, 0.6) is 5.75 Å². The van der Waals surface area contributed by atoms with Crippen molar-refractivity contribution in [3.63, 3.8) is 0 Å². The highest BCUT2D eigenvalue weighted by Gasteiger charge is 2.15. The van der Waals surface area contributed by atoms with Crippen LogP contribution in [0.15, 0.2) is 54.9 Å². The fourth-order valence-electron chi connectivity index (χ4n) is 2.30. The SMILES string of the molecule is Cc1ccn2cc(C(=O)N(C)CCOc3ccccc3)nc2c1. The van der Waals surface area contributed by atoms with E-state index in [-0.39, 0.29) is 5.91 Å². The van der Waals surface area contributed by atoms with E-state index >= 15 is 0 Å². The lowest BCUT2D eigenvalue weighted by Crippen LogP contribution is -2.31. The molecule has 0 aliphatic rings. The first-order chi connectivity index (χ1) is 11.1. The van der Waals surface area contributed by atoms with Crippen LogP contribution < -0.4 is 4.74 Å². The van der Waals surface area contributed by atoms with Gasteiger partial charge in [0, 0.05) is 19.4 Å². The number of benzene rings is 1. The van der Waals surface area contributed by atoms with Crippen LogP contribution in [-0.4, -0.2) is 40.4 Å². The molecule has 1 aromatic carbocycles. The zero-order chi connectivity index (χ0) is 16.2. The molecular weight excluding hydrogens is 290 g/mol. The average molecular weight is 309 g/mol. The van der Waals surface area contributed by atoms with Crippen LogP contribution >= 0.6 is 0 Å². The minimum absolute atomic E-state index is 0.108. The maximum atomic E-state index is 12.4. The second kappa shape index (κ2) is 6.52. The van der Waals surface area contributed by atoms with E-state index in [1.54, 1.807) is 18.1 Å². The van der Waals surface area contributed by atoms with Gasteiger partial charge in [0.25, 0.3) is 5.91 Å². The van der Waals surface area contributed by atoms with Crippen molar-refractivity contribution < 1.29 is 9.53 Å². The summed E-state index contributed by atoms with van der Waals surface area (Å²) in [5, 5.41) is 0. The van der Waals surface area contributed by atoms with Gasteiger partial charge in [-0.2, -0.15) is 0 Å². The van der Waals surface area contributed by atoms with Gasteiger partial charge in [0.15, 0.2) is 0 Å². The van der Waals surface area contributed by atoms with Crippen LogP contribution in [0.25, 0.3) is 5.65 Å². The number of imidazole rings is 1. The zero-order valence-corrected chi connectivity index (χ0v) is 13.3. The Labute approximate surface area is 135 Å². The second-order valence-electron chi connectivity index (χ2n) is 5.48. The predicted molar refractivity (Wildman–Crippen MR) is 88.8 cm³/mol. The Kier molecular flexibility index (Phi) is 4.28. The lowest BCUT2D eigenvalue weighted by molar-refractivity contribution is 0.0768. The third kappa shape index (κ3) is 3.51. The van der Waals surface area contributed by atoms with Crippen molar-refractivity contribution in [2.45, 2.75) is 6.92 Å². The standard InChI is InChI=1S/C18H19N3O2/c1-14-8-9-21-13-16(19-17(21)12-14)18(22)20(2)10-11-23-15-6-4-3-5-7-15/h3-9,12-13H,10-11H2,1-2H3. The fourth-order valence-corrected chi connectivity index (χ4v) is 2.30. The van der Waals surface area contributed by atoms with E-state index in [0.717, 1.165) is 17.0 Å². The number of hydrogen-bond donors (Lipinski definition) is 0. The quantitative estimate of drug-likeness (QED) is 0.728. The molecule has 23 heavy (non-hydrogen) atoms. The third-order valence-electron chi connectivity index (χ3n) is 3.62. The number of para-hydroxylation sites is 1. The predicted octanol–water partition coefficient (Wildman–Crippen LogP) is 2.79. The molecule has 118 valence electrons. The van der Waals surface area contributed by atoms with Crippen LogP contribution in [0.3, 0.4) is 0 Å². The smallest absolute Gasteiger partial charge is 0.273 e. The lowest BCUT2D eigenvalue weighted by atomic mass is 10.3. The van der Waals surface area contributed by atoms with E-state index in [1.807, 2.05) is 60.0 Å². The highest BCUT2D eigenvalue weighted by Crippen LogP contribution is 2.10. The number of carbonyl (C=O) groups is 1. The molecule has 2 heterocycles. The number of pyridine rings is 1. The van der Waals surface area contributed by atoms with E-state index in [0.29, 0.717) is 18.8 Å². The second-order valence-corrected chi connectivity index (χ2v) is 5.48. The number of aromatic nitrogens is 2. The molecule has 0 aliphatic carbocycles. The van der Waals surface area contributed by atoms with Gasteiger partial charge in [0.2, 0.25) is 0 Å². The van der Waals surface area contributed by atoms with Crippen molar-refractivity contribution in [2.75, 3.05) is 20.2 Å². The molecule has 5 nitrogen and oxygen atoms in total. The fraction of sp³-hybridized carbons (Fsp3) is 0.222. The van der Waals surface area contributed by atoms with Gasteiger partial charge in [-0.25, -0.2) is 4.98 Å². The molecule has 0 radical (unpaired) electrons. The number of hydrogen-bond acceptors (Lipinski definition) is 3. The first kappa shape index (κ1) is 15.1. The van der Waals surface area contributed by atoms with Gasteiger partial charge >= 0.3 is 0 Å². The van der Waals surface area contributed by atoms with E-state index in [9.17, 15) is 4.79 Å². The molecule has 0 unspecified atom stereocenters. The summed E-state index contributed by atoms with van der Waals surface area (Å²) in [6.07, 6.45) is 3.67. The van der Waals surface area contributed by atoms with Crippen molar-refractivity contribution in [1.29, 1.82) is 0 Å². The number of rotatable bonds is 5. The Morgan fingerprint density at radius 1 is 1.26 bits per heavy atom. The summed E-state index contributed by atoms with van der Waals surface area (Å²) in [6, 6.07) is 13.5. The van der Waals surface area contributed by atoms with E-state index in [2.05, 4.69) is 4.98 Å². The van der Waals surface area contributed by atoms with Crippen molar-refractivity contribution in [3.8, 4) is 5.75 Å². The van der Waals surface area contributed by atoms with Gasteiger partial charge in [-0.1, -0.05) is 18.2 Å². The van der Waals surface area contributed by atoms with Gasteiger partial charge < -0.3 is 14.0 Å². The molecule has 1 amide bonds. The number of amides is 1. The van der Waals surface area contributed by atoms with E-state index in [1.165, 1.54) is 0 Å². The molecule has 0 aliphatic heterocycles. The van der Waals surface area contributed by atoms with Gasteiger partial charge in [0.1, 0.15) is 23.7 Å². The van der Waals surface area contributed by atoms with Gasteiger partial charge in [-0.15, -0.1) is 0 Å². The van der Waals surface area contributed by atoms with E-state index in [4.69, 9.17) is 4.74 Å². The van der Waals surface area contributed by atoms with Crippen LogP contribution in [0.2, 0.25) is 0 Å². The van der Waals surface area contributed by atoms with Crippen LogP contribution in [0.1, 0.15) is 16.1 Å². The maximum absolute atomic E-state index is 12.4. The van der Waals surface area contributed by atoms with Crippen LogP contribution in [-0.2, 0) is 0 Å². The minimum Gasteiger partial charge on any atom is -0.492 e. The van der Waals surface area contributed by atoms with Crippen molar-refractivity contribution in [2.24, 2.45) is 0 Å². The first-order valence-electron chi connectivity index (χ1n) is 7.52. The van der Waals surface area contributed by atoms with Crippen molar-refractivity contribution >= 4 is 11.6 Å². The van der Waals surface area contributed by atoms with Crippen LogP contribution in [0, 0.1) is 6.92 Å². The Bertz CT molecular complexity index is 812. The summed E-state index contributed by atoms with van der Waals surface area (Å²) in [4.78, 5) is 18.5. The highest BCUT2D eigenvalue weighted by atomic mass is 16.5. The molecule has 5 heteroatoms. The average Bonchev–Trinajstić information content (AvgIpc) is 2.98. The Balaban J connectivity index is 1.62. The van der Waals surface area contributed by atoms with Crippen LogP contribution in [0.4, 0.5) is 0 Å². The lowest BCUT2D eigenvalue weighted by Gasteiger charge is -2.16. The summed E-state index contributed by atoms with van der Waals surface area (Å²) >= 11 is 0. The molecule has 2 aromatic heterocycles. The van der Waals surface area contributed by atoms with Crippen molar-refractivity contribution in [3.05, 3.63) is 66.1 Å². The molecule has 0 bridgehead atoms. The van der Waals surface area contributed by atoms with Gasteiger partial charge in [-0.05, 0) is 36.8 Å². The summed E-state index contributed by atoms with van der Waals surface area (Å²) in [5.41, 5.74) is 2.34. The molecule has 0 spiro atoms. The Hall–Kier alpha value is -2.82. The number of likely N-dealkylation sites (N-methyl/N-ethyl adjacent to an activating group) is 1. The summed E-state index contributed by atoms with van der Waals surface area (Å²) in [7, 11) is 1.76. The summed E-state index contributed by atoms with van der Waals surface area (Å²) < 4.78 is 7.47. The number of carbonyl (C=O) groups excluding carboxylic acids is 1. The van der Waals surface area contributed by atoms with E-state index < -0.39 is 0 Å². The molecule has 0 saturated heterocycles. The normalized spacial score (nSPS) is 10.7. The Morgan fingerprint density at radius 3 is 2.83 bits per heavy atom. The van der Waals surface area contributed by atoms with Gasteiger partial charge in [-0.3, -0.25) is 4.79 Å². The number of nitrogens with zero attached hydrogens (tertiary/aromatic N) is 3. The molecular formula is C18H19N3O2. The minimum atomic E-state index is -0.108. The molecule has 3 rings (SSSR count). The zero-order valence-electron chi connectivity index (χ0n) is 13.3. The Morgan fingerprint density at radius 2 is 2.04 bits per heavy atom. The van der Waals surface area contributed by atoms with Crippen molar-refractivity contribution in [1.82, 2.24) is 14.3 Å². The first-order valence-corrected chi connectivity index (χ1v) is 7.52. The molecule has 0 saturated carbocycles. The third-order valence-corrected chi connectivity index (χ3v) is 3.62. The summed E-state index contributed by atoms with van der Waals surface area (Å²) in [5.74, 6) is 0.694. The highest BCUT2D eigenvalue weighted by molar-refractivity contribution is 5.92. The van der Waals surface area contributed by atoms with Gasteiger partial charge in [0.05, 0.1) is 6.54 Å². The molecule has 0 atom stereocenters. The molecule has 0 fully saturated rings. The topological polar surface area (TPSA) is 46.8 Å². The summed E-state index contributed by atoms with van der Waals surface area (Å²) in [6.45, 7) is 2.95. The maximum Gasteiger partial charge on any atom is 0.273 e. The largest absolute Gasteiger partial charge is 0.492 e. The number of fused-ring (bicyclic) bond motifs is 1. The number of ether oxygens (including phenoxy) is 1.